The number of nitrogens with one attached hydrogen (secondary N) is 1. The summed E-state index contributed by atoms with van der Waals surface area (Å²) in [6, 6.07) is 16.3. The van der Waals surface area contributed by atoms with E-state index in [1.807, 2.05) is 36.0 Å². The van der Waals surface area contributed by atoms with E-state index in [1.54, 1.807) is 14.2 Å². The summed E-state index contributed by atoms with van der Waals surface area (Å²) >= 11 is 1.88. The van der Waals surface area contributed by atoms with E-state index in [1.165, 1.54) is 4.90 Å². The summed E-state index contributed by atoms with van der Waals surface area (Å²) < 4.78 is 10.6. The number of rotatable bonds is 8. The van der Waals surface area contributed by atoms with Crippen LogP contribution in [-0.2, 0) is 0 Å². The molecule has 0 aliphatic rings. The average molecular weight is 303 g/mol. The Labute approximate surface area is 130 Å². The van der Waals surface area contributed by atoms with Gasteiger partial charge in [-0.3, -0.25) is 0 Å². The molecule has 0 unspecified atom stereocenters. The van der Waals surface area contributed by atoms with Gasteiger partial charge in [-0.05, 0) is 36.4 Å². The summed E-state index contributed by atoms with van der Waals surface area (Å²) in [5, 5.41) is 3.41. The molecule has 2 aromatic rings. The lowest BCUT2D eigenvalue weighted by Gasteiger charge is -2.12. The molecule has 112 valence electrons. The molecule has 0 saturated carbocycles. The van der Waals surface area contributed by atoms with Crippen molar-refractivity contribution in [1.29, 1.82) is 0 Å². The number of anilines is 1. The van der Waals surface area contributed by atoms with Crippen molar-refractivity contribution in [3.8, 4) is 11.5 Å². The number of methoxy groups -OCH3 is 2. The monoisotopic (exact) mass is 303 g/mol. The summed E-state index contributed by atoms with van der Waals surface area (Å²) in [6.07, 6.45) is 1.09. The van der Waals surface area contributed by atoms with E-state index in [0.29, 0.717) is 0 Å². The maximum atomic E-state index is 5.37. The molecule has 3 nitrogen and oxygen atoms in total. The highest BCUT2D eigenvalue weighted by molar-refractivity contribution is 7.99. The Balaban J connectivity index is 1.76. The lowest BCUT2D eigenvalue weighted by atomic mass is 10.2. The van der Waals surface area contributed by atoms with Crippen LogP contribution in [0.2, 0.25) is 0 Å². The Morgan fingerprint density at radius 3 is 2.52 bits per heavy atom. The molecule has 21 heavy (non-hydrogen) atoms. The van der Waals surface area contributed by atoms with Crippen LogP contribution in [0.4, 0.5) is 5.69 Å². The molecule has 0 aliphatic heterocycles. The molecule has 4 heteroatoms. The van der Waals surface area contributed by atoms with Gasteiger partial charge in [0.05, 0.1) is 19.9 Å². The van der Waals surface area contributed by atoms with Crippen molar-refractivity contribution in [2.75, 3.05) is 31.8 Å². The third-order valence-corrected chi connectivity index (χ3v) is 4.16. The van der Waals surface area contributed by atoms with Crippen LogP contribution in [0.5, 0.6) is 11.5 Å². The first-order valence-corrected chi connectivity index (χ1v) is 7.96. The molecule has 0 spiro atoms. The minimum atomic E-state index is 0.803. The van der Waals surface area contributed by atoms with E-state index >= 15 is 0 Å². The van der Waals surface area contributed by atoms with Crippen molar-refractivity contribution in [2.45, 2.75) is 11.3 Å². The Morgan fingerprint density at radius 2 is 1.81 bits per heavy atom. The normalized spacial score (nSPS) is 10.2. The van der Waals surface area contributed by atoms with Gasteiger partial charge in [0.2, 0.25) is 0 Å². The number of hydrogen-bond acceptors (Lipinski definition) is 4. The topological polar surface area (TPSA) is 30.5 Å². The molecule has 0 aliphatic carbocycles. The molecular weight excluding hydrogens is 282 g/mol. The molecule has 1 N–H and O–H groups in total. The van der Waals surface area contributed by atoms with Gasteiger partial charge in [-0.15, -0.1) is 11.8 Å². The molecule has 2 rings (SSSR count). The molecule has 0 aromatic heterocycles. The molecule has 2 aromatic carbocycles. The number of benzene rings is 2. The smallest absolute Gasteiger partial charge is 0.145 e. The summed E-state index contributed by atoms with van der Waals surface area (Å²) in [4.78, 5) is 1.32. The Morgan fingerprint density at radius 1 is 1.00 bits per heavy atom. The van der Waals surface area contributed by atoms with Gasteiger partial charge in [0.1, 0.15) is 11.5 Å². The van der Waals surface area contributed by atoms with E-state index in [0.717, 1.165) is 35.9 Å². The second-order valence-electron chi connectivity index (χ2n) is 4.51. The van der Waals surface area contributed by atoms with E-state index in [4.69, 9.17) is 9.47 Å². The first-order valence-electron chi connectivity index (χ1n) is 6.97. The van der Waals surface area contributed by atoms with Gasteiger partial charge < -0.3 is 14.8 Å². The molecule has 0 atom stereocenters. The highest BCUT2D eigenvalue weighted by Crippen LogP contribution is 2.29. The molecule has 0 heterocycles. The summed E-state index contributed by atoms with van der Waals surface area (Å²) in [5.74, 6) is 2.71. The molecule has 0 saturated heterocycles. The molecule has 0 amide bonds. The minimum Gasteiger partial charge on any atom is -0.497 e. The SMILES string of the molecule is COc1ccc(NCCCSc2ccccc2)c(OC)c1. The van der Waals surface area contributed by atoms with Crippen LogP contribution in [-0.4, -0.2) is 26.5 Å². The predicted molar refractivity (Wildman–Crippen MR) is 89.8 cm³/mol. The summed E-state index contributed by atoms with van der Waals surface area (Å²) in [5.41, 5.74) is 1.00. The van der Waals surface area contributed by atoms with Crippen molar-refractivity contribution in [1.82, 2.24) is 0 Å². The molecule has 0 fully saturated rings. The highest BCUT2D eigenvalue weighted by Gasteiger charge is 2.04. The van der Waals surface area contributed by atoms with Crippen LogP contribution in [0, 0.1) is 0 Å². The van der Waals surface area contributed by atoms with E-state index in [-0.39, 0.29) is 0 Å². The van der Waals surface area contributed by atoms with Gasteiger partial charge in [-0.2, -0.15) is 0 Å². The Kier molecular flexibility index (Phi) is 6.28. The fourth-order valence-corrected chi connectivity index (χ4v) is 2.82. The van der Waals surface area contributed by atoms with Crippen LogP contribution < -0.4 is 14.8 Å². The fraction of sp³-hybridized carbons (Fsp3) is 0.294. The van der Waals surface area contributed by atoms with Crippen LogP contribution in [0.3, 0.4) is 0 Å². The van der Waals surface area contributed by atoms with Gasteiger partial charge in [-0.1, -0.05) is 18.2 Å². The largest absolute Gasteiger partial charge is 0.497 e. The van der Waals surface area contributed by atoms with Gasteiger partial charge in [-0.25, -0.2) is 0 Å². The van der Waals surface area contributed by atoms with Gasteiger partial charge in [0, 0.05) is 17.5 Å². The number of hydrogen-bond donors (Lipinski definition) is 1. The number of thioether (sulfide) groups is 1. The Hall–Kier alpha value is -1.81. The first kappa shape index (κ1) is 15.6. The summed E-state index contributed by atoms with van der Waals surface area (Å²) in [7, 11) is 3.33. The lowest BCUT2D eigenvalue weighted by molar-refractivity contribution is 0.395. The van der Waals surface area contributed by atoms with Crippen molar-refractivity contribution in [3.05, 3.63) is 48.5 Å². The second kappa shape index (κ2) is 8.47. The quantitative estimate of drug-likeness (QED) is 0.582. The van der Waals surface area contributed by atoms with E-state index in [9.17, 15) is 0 Å². The third kappa shape index (κ3) is 4.90. The van der Waals surface area contributed by atoms with Crippen molar-refractivity contribution < 1.29 is 9.47 Å². The fourth-order valence-electron chi connectivity index (χ4n) is 1.95. The highest BCUT2D eigenvalue weighted by atomic mass is 32.2. The van der Waals surface area contributed by atoms with Crippen molar-refractivity contribution >= 4 is 17.4 Å². The van der Waals surface area contributed by atoms with Crippen LogP contribution in [0.1, 0.15) is 6.42 Å². The summed E-state index contributed by atoms with van der Waals surface area (Å²) in [6.45, 7) is 0.919. The minimum absolute atomic E-state index is 0.803. The van der Waals surface area contributed by atoms with Gasteiger partial charge in [0.15, 0.2) is 0 Å². The second-order valence-corrected chi connectivity index (χ2v) is 5.68. The van der Waals surface area contributed by atoms with Crippen LogP contribution >= 0.6 is 11.8 Å². The van der Waals surface area contributed by atoms with Crippen molar-refractivity contribution in [3.63, 3.8) is 0 Å². The maximum absolute atomic E-state index is 5.37. The molecule has 0 bridgehead atoms. The molecule has 0 radical (unpaired) electrons. The average Bonchev–Trinajstić information content (AvgIpc) is 2.55. The zero-order valence-electron chi connectivity index (χ0n) is 12.5. The standard InChI is InChI=1S/C17H21NO2S/c1-19-14-9-10-16(17(13-14)20-2)18-11-6-12-21-15-7-4-3-5-8-15/h3-5,7-10,13,18H,6,11-12H2,1-2H3. The van der Waals surface area contributed by atoms with Crippen LogP contribution in [0.25, 0.3) is 0 Å². The van der Waals surface area contributed by atoms with E-state index < -0.39 is 0 Å². The first-order chi connectivity index (χ1) is 10.3. The predicted octanol–water partition coefficient (Wildman–Crippen LogP) is 4.30. The maximum Gasteiger partial charge on any atom is 0.145 e. The number of ether oxygens (including phenoxy) is 2. The third-order valence-electron chi connectivity index (χ3n) is 3.06. The van der Waals surface area contributed by atoms with Crippen LogP contribution in [0.15, 0.2) is 53.4 Å². The zero-order chi connectivity index (χ0) is 14.9. The Bertz CT molecular complexity index is 546. The van der Waals surface area contributed by atoms with Gasteiger partial charge >= 0.3 is 0 Å². The molecular formula is C17H21NO2S. The zero-order valence-corrected chi connectivity index (χ0v) is 13.3. The lowest BCUT2D eigenvalue weighted by Crippen LogP contribution is -2.04. The van der Waals surface area contributed by atoms with Crippen molar-refractivity contribution in [2.24, 2.45) is 0 Å². The van der Waals surface area contributed by atoms with E-state index in [2.05, 4.69) is 29.6 Å². The van der Waals surface area contributed by atoms with Gasteiger partial charge in [0.25, 0.3) is 0 Å².